The molecule has 0 amide bonds. The molecule has 3 aliphatic rings. The number of fused-ring (bicyclic) bond motifs is 1. The van der Waals surface area contributed by atoms with E-state index in [9.17, 15) is 0 Å². The minimum absolute atomic E-state index is 0.621. The Morgan fingerprint density at radius 3 is 3.00 bits per heavy atom. The number of nitrogens with one attached hydrogen (secondary N) is 1. The molecule has 2 fully saturated rings. The van der Waals surface area contributed by atoms with Gasteiger partial charge < -0.3 is 15.0 Å². The first-order valence-corrected chi connectivity index (χ1v) is 9.56. The highest BCUT2D eigenvalue weighted by Crippen LogP contribution is 2.47. The molecule has 0 radical (unpaired) electrons. The fraction of sp³-hybridized carbons (Fsp3) is 0.650. The Kier molecular flexibility index (Phi) is 4.38. The molecule has 24 heavy (non-hydrogen) atoms. The number of ether oxygens (including phenoxy) is 1. The van der Waals surface area contributed by atoms with Crippen molar-refractivity contribution in [2.45, 2.75) is 45.4 Å². The van der Waals surface area contributed by atoms with Crippen LogP contribution in [0.3, 0.4) is 0 Å². The Balaban J connectivity index is 1.37. The first-order chi connectivity index (χ1) is 11.8. The van der Waals surface area contributed by atoms with Gasteiger partial charge in [0.1, 0.15) is 5.75 Å². The summed E-state index contributed by atoms with van der Waals surface area (Å²) in [6, 6.07) is 6.60. The topological polar surface area (TPSA) is 36.9 Å². The van der Waals surface area contributed by atoms with Gasteiger partial charge in [0.2, 0.25) is 0 Å². The van der Waals surface area contributed by atoms with E-state index in [0.717, 1.165) is 44.2 Å². The number of hydrogen-bond acceptors (Lipinski definition) is 2. The van der Waals surface area contributed by atoms with E-state index in [2.05, 4.69) is 35.3 Å². The predicted molar refractivity (Wildman–Crippen MR) is 97.8 cm³/mol. The van der Waals surface area contributed by atoms with Crippen molar-refractivity contribution in [2.75, 3.05) is 32.8 Å². The third-order valence-corrected chi connectivity index (χ3v) is 5.90. The molecule has 0 atom stereocenters. The predicted octanol–water partition coefficient (Wildman–Crippen LogP) is 3.01. The molecule has 0 unspecified atom stereocenters. The van der Waals surface area contributed by atoms with Crippen LogP contribution in [0, 0.1) is 5.41 Å². The van der Waals surface area contributed by atoms with Crippen LogP contribution in [0.1, 0.15) is 43.7 Å². The molecule has 4 heteroatoms. The molecule has 1 N–H and O–H groups in total. The average molecular weight is 327 g/mol. The number of rotatable bonds is 4. The Morgan fingerprint density at radius 1 is 1.33 bits per heavy atom. The smallest absolute Gasteiger partial charge is 0.193 e. The molecule has 2 aliphatic heterocycles. The monoisotopic (exact) mass is 327 g/mol. The molecule has 1 spiro atoms. The SMILES string of the molecule is CCNC(=NCCc1ccc2c(c1)CCO2)N1CCC2(CCC2)C1. The number of hydrogen-bond donors (Lipinski definition) is 1. The maximum atomic E-state index is 5.59. The Morgan fingerprint density at radius 2 is 2.25 bits per heavy atom. The van der Waals surface area contributed by atoms with Gasteiger partial charge in [0.15, 0.2) is 5.96 Å². The van der Waals surface area contributed by atoms with Gasteiger partial charge in [0, 0.05) is 32.6 Å². The van der Waals surface area contributed by atoms with Gasteiger partial charge >= 0.3 is 0 Å². The summed E-state index contributed by atoms with van der Waals surface area (Å²) in [5, 5.41) is 3.49. The van der Waals surface area contributed by atoms with Gasteiger partial charge in [0.05, 0.1) is 6.61 Å². The molecule has 1 saturated heterocycles. The zero-order valence-electron chi connectivity index (χ0n) is 14.8. The third-order valence-electron chi connectivity index (χ3n) is 5.90. The lowest BCUT2D eigenvalue weighted by molar-refractivity contribution is 0.151. The summed E-state index contributed by atoms with van der Waals surface area (Å²) in [4.78, 5) is 7.39. The number of guanidine groups is 1. The molecule has 0 bridgehead atoms. The van der Waals surface area contributed by atoms with E-state index in [0.29, 0.717) is 5.41 Å². The van der Waals surface area contributed by atoms with E-state index < -0.39 is 0 Å². The highest BCUT2D eigenvalue weighted by Gasteiger charge is 2.43. The summed E-state index contributed by atoms with van der Waals surface area (Å²) < 4.78 is 5.59. The van der Waals surface area contributed by atoms with Gasteiger partial charge in [-0.2, -0.15) is 0 Å². The molecule has 1 aromatic carbocycles. The normalized spacial score (nSPS) is 21.5. The second-order valence-corrected chi connectivity index (χ2v) is 7.55. The minimum atomic E-state index is 0.621. The molecule has 1 aromatic rings. The van der Waals surface area contributed by atoms with Gasteiger partial charge in [-0.15, -0.1) is 0 Å². The van der Waals surface area contributed by atoms with Gasteiger partial charge in [-0.05, 0) is 55.2 Å². The van der Waals surface area contributed by atoms with Gasteiger partial charge in [-0.3, -0.25) is 4.99 Å². The quantitative estimate of drug-likeness (QED) is 0.682. The summed E-state index contributed by atoms with van der Waals surface area (Å²) in [5.74, 6) is 2.18. The molecule has 4 nitrogen and oxygen atoms in total. The highest BCUT2D eigenvalue weighted by atomic mass is 16.5. The van der Waals surface area contributed by atoms with Gasteiger partial charge in [0.25, 0.3) is 0 Å². The molecule has 2 heterocycles. The maximum Gasteiger partial charge on any atom is 0.193 e. The lowest BCUT2D eigenvalue weighted by atomic mass is 9.68. The summed E-state index contributed by atoms with van der Waals surface area (Å²) in [5.41, 5.74) is 3.35. The number of nitrogens with zero attached hydrogens (tertiary/aromatic N) is 2. The van der Waals surface area contributed by atoms with E-state index in [1.54, 1.807) is 0 Å². The zero-order chi connectivity index (χ0) is 16.4. The Labute approximate surface area is 145 Å². The summed E-state index contributed by atoms with van der Waals surface area (Å²) in [6.45, 7) is 7.16. The van der Waals surface area contributed by atoms with Crippen LogP contribution in [-0.4, -0.2) is 43.6 Å². The average Bonchev–Trinajstić information content (AvgIpc) is 3.20. The van der Waals surface area contributed by atoms with Crippen molar-refractivity contribution in [3.8, 4) is 5.75 Å². The summed E-state index contributed by atoms with van der Waals surface area (Å²) in [6.07, 6.45) is 7.65. The third kappa shape index (κ3) is 3.11. The molecular weight excluding hydrogens is 298 g/mol. The number of benzene rings is 1. The molecule has 0 aromatic heterocycles. The fourth-order valence-corrected chi connectivity index (χ4v) is 4.31. The maximum absolute atomic E-state index is 5.59. The second-order valence-electron chi connectivity index (χ2n) is 7.55. The molecule has 130 valence electrons. The largest absolute Gasteiger partial charge is 0.493 e. The summed E-state index contributed by atoms with van der Waals surface area (Å²) >= 11 is 0. The van der Waals surface area contributed by atoms with E-state index in [-0.39, 0.29) is 0 Å². The van der Waals surface area contributed by atoms with Crippen molar-refractivity contribution < 1.29 is 4.74 Å². The van der Waals surface area contributed by atoms with Crippen molar-refractivity contribution in [1.82, 2.24) is 10.2 Å². The van der Waals surface area contributed by atoms with E-state index in [4.69, 9.17) is 9.73 Å². The van der Waals surface area contributed by atoms with Crippen LogP contribution < -0.4 is 10.1 Å². The van der Waals surface area contributed by atoms with Crippen molar-refractivity contribution in [2.24, 2.45) is 10.4 Å². The fourth-order valence-electron chi connectivity index (χ4n) is 4.31. The zero-order valence-corrected chi connectivity index (χ0v) is 14.8. The number of aliphatic imine (C=N–C) groups is 1. The number of likely N-dealkylation sites (tertiary alicyclic amines) is 1. The van der Waals surface area contributed by atoms with E-state index >= 15 is 0 Å². The van der Waals surface area contributed by atoms with Crippen LogP contribution in [0.2, 0.25) is 0 Å². The van der Waals surface area contributed by atoms with Crippen molar-refractivity contribution >= 4 is 5.96 Å². The molecule has 4 rings (SSSR count). The Bertz CT molecular complexity index is 621. The standard InChI is InChI=1S/C20H29N3O/c1-2-21-19(23-12-10-20(15-23)8-3-9-20)22-11-6-16-4-5-18-17(14-16)7-13-24-18/h4-5,14H,2-3,6-13,15H2,1H3,(H,21,22). The molecular formula is C20H29N3O. The minimum Gasteiger partial charge on any atom is -0.493 e. The first-order valence-electron chi connectivity index (χ1n) is 9.56. The Hall–Kier alpha value is -1.71. The lowest BCUT2D eigenvalue weighted by Crippen LogP contribution is -2.42. The van der Waals surface area contributed by atoms with E-state index in [1.807, 2.05) is 0 Å². The van der Waals surface area contributed by atoms with Crippen LogP contribution >= 0.6 is 0 Å². The van der Waals surface area contributed by atoms with Crippen molar-refractivity contribution in [1.29, 1.82) is 0 Å². The van der Waals surface area contributed by atoms with E-state index in [1.165, 1.54) is 49.9 Å². The van der Waals surface area contributed by atoms with Crippen LogP contribution in [0.15, 0.2) is 23.2 Å². The lowest BCUT2D eigenvalue weighted by Gasteiger charge is -2.38. The van der Waals surface area contributed by atoms with Crippen LogP contribution in [0.4, 0.5) is 0 Å². The van der Waals surface area contributed by atoms with Gasteiger partial charge in [-0.1, -0.05) is 18.6 Å². The van der Waals surface area contributed by atoms with Crippen molar-refractivity contribution in [3.63, 3.8) is 0 Å². The van der Waals surface area contributed by atoms with Crippen LogP contribution in [-0.2, 0) is 12.8 Å². The summed E-state index contributed by atoms with van der Waals surface area (Å²) in [7, 11) is 0. The molecule has 1 saturated carbocycles. The van der Waals surface area contributed by atoms with Gasteiger partial charge in [-0.25, -0.2) is 0 Å². The van der Waals surface area contributed by atoms with Crippen molar-refractivity contribution in [3.05, 3.63) is 29.3 Å². The molecule has 1 aliphatic carbocycles. The van der Waals surface area contributed by atoms with Crippen LogP contribution in [0.5, 0.6) is 5.75 Å². The second kappa shape index (κ2) is 6.66. The van der Waals surface area contributed by atoms with Crippen LogP contribution in [0.25, 0.3) is 0 Å². The first kappa shape index (κ1) is 15.8. The highest BCUT2D eigenvalue weighted by molar-refractivity contribution is 5.80.